The predicted molar refractivity (Wildman–Crippen MR) is 97.4 cm³/mol. The monoisotopic (exact) mass is 361 g/mol. The van der Waals surface area contributed by atoms with Gasteiger partial charge in [-0.1, -0.05) is 30.8 Å². The predicted octanol–water partition coefficient (Wildman–Crippen LogP) is 2.27. The zero-order valence-corrected chi connectivity index (χ0v) is 15.5. The van der Waals surface area contributed by atoms with E-state index < -0.39 is 0 Å². The van der Waals surface area contributed by atoms with E-state index in [0.717, 1.165) is 23.6 Å². The van der Waals surface area contributed by atoms with Gasteiger partial charge >= 0.3 is 0 Å². The second kappa shape index (κ2) is 7.77. The zero-order chi connectivity index (χ0) is 17.8. The molecule has 134 valence electrons. The van der Waals surface area contributed by atoms with E-state index in [1.54, 1.807) is 0 Å². The third-order valence-electron chi connectivity index (χ3n) is 3.96. The molecule has 2 N–H and O–H groups in total. The molecule has 0 spiro atoms. The number of nitrogens with zero attached hydrogens (tertiary/aromatic N) is 3. The number of ether oxygens (including phenoxy) is 1. The van der Waals surface area contributed by atoms with Crippen LogP contribution in [0.1, 0.15) is 37.7 Å². The van der Waals surface area contributed by atoms with E-state index in [9.17, 15) is 4.79 Å². The molecule has 1 aliphatic rings. The van der Waals surface area contributed by atoms with Crippen LogP contribution in [0.25, 0.3) is 0 Å². The minimum absolute atomic E-state index is 0.00476. The summed E-state index contributed by atoms with van der Waals surface area (Å²) in [4.78, 5) is 12.7. The number of carbonyl (C=O) groups is 1. The van der Waals surface area contributed by atoms with Gasteiger partial charge < -0.3 is 15.5 Å². The van der Waals surface area contributed by atoms with Crippen molar-refractivity contribution in [3.63, 3.8) is 0 Å². The van der Waals surface area contributed by atoms with E-state index in [4.69, 9.17) is 4.74 Å². The van der Waals surface area contributed by atoms with Crippen molar-refractivity contribution in [1.29, 1.82) is 0 Å². The SMILES string of the molecule is CCCNC(=O)[C@@H]1Sc2nnc(C)n2N[C@@H]1c1ccc(OCC)cc1. The molecule has 0 aliphatic carbocycles. The van der Waals surface area contributed by atoms with Crippen LogP contribution < -0.4 is 15.5 Å². The minimum atomic E-state index is -0.319. The molecule has 25 heavy (non-hydrogen) atoms. The number of fused-ring (bicyclic) bond motifs is 1. The van der Waals surface area contributed by atoms with E-state index >= 15 is 0 Å². The summed E-state index contributed by atoms with van der Waals surface area (Å²) in [5.74, 6) is 1.60. The van der Waals surface area contributed by atoms with Crippen LogP contribution in [0.15, 0.2) is 29.4 Å². The maximum absolute atomic E-state index is 12.7. The first-order valence-corrected chi connectivity index (χ1v) is 9.37. The highest BCUT2D eigenvalue weighted by molar-refractivity contribution is 8.00. The van der Waals surface area contributed by atoms with Crippen LogP contribution in [0.2, 0.25) is 0 Å². The summed E-state index contributed by atoms with van der Waals surface area (Å²) in [6.07, 6.45) is 0.902. The summed E-state index contributed by atoms with van der Waals surface area (Å²) in [5.41, 5.74) is 4.41. The Labute approximate surface area is 151 Å². The lowest BCUT2D eigenvalue weighted by Gasteiger charge is -2.32. The van der Waals surface area contributed by atoms with Crippen LogP contribution >= 0.6 is 11.8 Å². The number of amides is 1. The number of thioether (sulfide) groups is 1. The molecule has 0 saturated carbocycles. The molecule has 8 heteroatoms. The van der Waals surface area contributed by atoms with Gasteiger partial charge in [0, 0.05) is 6.54 Å². The molecule has 1 aliphatic heterocycles. The lowest BCUT2D eigenvalue weighted by Crippen LogP contribution is -2.44. The Bertz CT molecular complexity index is 731. The van der Waals surface area contributed by atoms with E-state index in [0.29, 0.717) is 18.3 Å². The van der Waals surface area contributed by atoms with Gasteiger partial charge in [0.15, 0.2) is 0 Å². The Morgan fingerprint density at radius 2 is 2.08 bits per heavy atom. The molecule has 1 aromatic heterocycles. The molecule has 2 aromatic rings. The molecule has 0 bridgehead atoms. The van der Waals surface area contributed by atoms with Crippen molar-refractivity contribution in [2.24, 2.45) is 0 Å². The maximum atomic E-state index is 12.7. The average Bonchev–Trinajstić information content (AvgIpc) is 3.00. The van der Waals surface area contributed by atoms with Crippen molar-refractivity contribution >= 4 is 17.7 Å². The molecule has 7 nitrogen and oxygen atoms in total. The minimum Gasteiger partial charge on any atom is -0.494 e. The van der Waals surface area contributed by atoms with Crippen molar-refractivity contribution < 1.29 is 9.53 Å². The normalized spacial score (nSPS) is 19.0. The third-order valence-corrected chi connectivity index (χ3v) is 5.17. The number of carbonyl (C=O) groups excluding carboxylic acids is 1. The number of rotatable bonds is 6. The average molecular weight is 361 g/mol. The highest BCUT2D eigenvalue weighted by atomic mass is 32.2. The first kappa shape index (κ1) is 17.6. The van der Waals surface area contributed by atoms with Crippen molar-refractivity contribution in [2.45, 2.75) is 43.6 Å². The Morgan fingerprint density at radius 1 is 1.32 bits per heavy atom. The van der Waals surface area contributed by atoms with Crippen LogP contribution in [0.3, 0.4) is 0 Å². The Kier molecular flexibility index (Phi) is 5.47. The van der Waals surface area contributed by atoms with Gasteiger partial charge in [-0.15, -0.1) is 10.2 Å². The molecule has 0 fully saturated rings. The standard InChI is InChI=1S/C17H23N5O2S/c1-4-10-18-16(23)15-14(12-6-8-13(9-7-12)24-5-2)21-22-11(3)19-20-17(22)25-15/h6-9,14-15,21H,4-5,10H2,1-3H3,(H,18,23)/t14-,15-/m1/s1. The van der Waals surface area contributed by atoms with Crippen molar-refractivity contribution in [1.82, 2.24) is 20.2 Å². The van der Waals surface area contributed by atoms with Crippen molar-refractivity contribution in [2.75, 3.05) is 18.6 Å². The first-order valence-electron chi connectivity index (χ1n) is 8.49. The summed E-state index contributed by atoms with van der Waals surface area (Å²) in [6, 6.07) is 7.67. The number of aromatic nitrogens is 3. The molecular weight excluding hydrogens is 338 g/mol. The maximum Gasteiger partial charge on any atom is 0.236 e. The summed E-state index contributed by atoms with van der Waals surface area (Å²) in [5, 5.41) is 11.6. The highest BCUT2D eigenvalue weighted by Gasteiger charge is 2.37. The molecule has 2 atom stereocenters. The molecular formula is C17H23N5O2S. The van der Waals surface area contributed by atoms with Crippen LogP contribution in [-0.2, 0) is 4.79 Å². The van der Waals surface area contributed by atoms with Crippen LogP contribution in [0, 0.1) is 6.92 Å². The van der Waals surface area contributed by atoms with Crippen LogP contribution in [0.4, 0.5) is 0 Å². The Hall–Kier alpha value is -2.22. The number of hydrogen-bond acceptors (Lipinski definition) is 6. The Balaban J connectivity index is 1.89. The first-order chi connectivity index (χ1) is 12.1. The second-order valence-electron chi connectivity index (χ2n) is 5.80. The number of benzene rings is 1. The van der Waals surface area contributed by atoms with Crippen molar-refractivity contribution in [3.05, 3.63) is 35.7 Å². The molecule has 3 rings (SSSR count). The molecule has 2 heterocycles. The number of hydrogen-bond donors (Lipinski definition) is 2. The summed E-state index contributed by atoms with van der Waals surface area (Å²) in [6.45, 7) is 7.17. The van der Waals surface area contributed by atoms with E-state index in [2.05, 4.69) is 20.9 Å². The van der Waals surface area contributed by atoms with Crippen molar-refractivity contribution in [3.8, 4) is 5.75 Å². The molecule has 0 radical (unpaired) electrons. The largest absolute Gasteiger partial charge is 0.494 e. The molecule has 0 unspecified atom stereocenters. The summed E-state index contributed by atoms with van der Waals surface area (Å²) >= 11 is 1.44. The fraction of sp³-hybridized carbons (Fsp3) is 0.471. The van der Waals surface area contributed by atoms with Crippen LogP contribution in [0.5, 0.6) is 5.75 Å². The van der Waals surface area contributed by atoms with Gasteiger partial charge in [-0.25, -0.2) is 4.68 Å². The molecule has 1 amide bonds. The van der Waals surface area contributed by atoms with Crippen LogP contribution in [-0.4, -0.2) is 39.2 Å². The lowest BCUT2D eigenvalue weighted by molar-refractivity contribution is -0.120. The molecule has 0 saturated heterocycles. The van der Waals surface area contributed by atoms with Gasteiger partial charge in [0.25, 0.3) is 0 Å². The topological polar surface area (TPSA) is 81.1 Å². The van der Waals surface area contributed by atoms with Gasteiger partial charge in [0.05, 0.1) is 12.6 Å². The summed E-state index contributed by atoms with van der Waals surface area (Å²) < 4.78 is 7.35. The number of nitrogens with one attached hydrogen (secondary N) is 2. The van der Waals surface area contributed by atoms with E-state index in [1.165, 1.54) is 11.8 Å². The van der Waals surface area contributed by atoms with E-state index in [1.807, 2.05) is 49.7 Å². The Morgan fingerprint density at radius 3 is 2.76 bits per heavy atom. The van der Waals surface area contributed by atoms with E-state index in [-0.39, 0.29) is 17.2 Å². The second-order valence-corrected chi connectivity index (χ2v) is 6.91. The number of aryl methyl sites for hydroxylation is 1. The van der Waals surface area contributed by atoms with Gasteiger partial charge in [-0.05, 0) is 38.0 Å². The quantitative estimate of drug-likeness (QED) is 0.821. The highest BCUT2D eigenvalue weighted by Crippen LogP contribution is 2.37. The summed E-state index contributed by atoms with van der Waals surface area (Å²) in [7, 11) is 0. The molecule has 1 aromatic carbocycles. The van der Waals surface area contributed by atoms with Gasteiger partial charge in [0.2, 0.25) is 11.1 Å². The third kappa shape index (κ3) is 3.73. The fourth-order valence-corrected chi connectivity index (χ4v) is 3.85. The smallest absolute Gasteiger partial charge is 0.236 e. The van der Waals surface area contributed by atoms with Gasteiger partial charge in [-0.3, -0.25) is 4.79 Å². The zero-order valence-electron chi connectivity index (χ0n) is 14.7. The van der Waals surface area contributed by atoms with Gasteiger partial charge in [0.1, 0.15) is 16.8 Å². The van der Waals surface area contributed by atoms with Gasteiger partial charge in [-0.2, -0.15) is 0 Å². The lowest BCUT2D eigenvalue weighted by atomic mass is 10.0. The fourth-order valence-electron chi connectivity index (χ4n) is 2.70.